The van der Waals surface area contributed by atoms with E-state index in [1.165, 1.54) is 5.56 Å². The van der Waals surface area contributed by atoms with Crippen LogP contribution in [0.25, 0.3) is 0 Å². The van der Waals surface area contributed by atoms with Gasteiger partial charge < -0.3 is 4.74 Å². The van der Waals surface area contributed by atoms with Gasteiger partial charge in [0.2, 0.25) is 0 Å². The zero-order valence-corrected chi connectivity index (χ0v) is 16.6. The summed E-state index contributed by atoms with van der Waals surface area (Å²) in [6, 6.07) is 21.1. The fourth-order valence-corrected chi connectivity index (χ4v) is 2.72. The normalized spacial score (nSPS) is 11.1. The minimum atomic E-state index is 0.486. The molecule has 0 heterocycles. The van der Waals surface area contributed by atoms with Gasteiger partial charge in [0, 0.05) is 0 Å². The van der Waals surface area contributed by atoms with Crippen LogP contribution in [-0.4, -0.2) is 6.21 Å². The molecule has 0 unspecified atom stereocenters. The first kappa shape index (κ1) is 19.3. The average Bonchev–Trinajstić information content (AvgIpc) is 2.66. The van der Waals surface area contributed by atoms with Crippen molar-refractivity contribution in [3.05, 3.63) is 87.9 Å². The number of benzene rings is 3. The Kier molecular flexibility index (Phi) is 6.38. The van der Waals surface area contributed by atoms with Crippen molar-refractivity contribution in [2.24, 2.45) is 5.10 Å². The molecule has 3 nitrogen and oxygen atoms in total. The van der Waals surface area contributed by atoms with Crippen molar-refractivity contribution in [3.8, 4) is 11.5 Å². The highest BCUT2D eigenvalue weighted by atomic mass is 35.5. The third-order valence-corrected chi connectivity index (χ3v) is 4.73. The van der Waals surface area contributed by atoms with E-state index in [0.717, 1.165) is 22.7 Å². The highest BCUT2D eigenvalue weighted by molar-refractivity contribution is 6.42. The van der Waals surface area contributed by atoms with Gasteiger partial charge in [-0.05, 0) is 71.6 Å². The Bertz CT molecular complexity index is 920. The lowest BCUT2D eigenvalue weighted by Gasteiger charge is -2.08. The summed E-state index contributed by atoms with van der Waals surface area (Å²) >= 11 is 11.9. The van der Waals surface area contributed by atoms with Crippen molar-refractivity contribution in [2.75, 3.05) is 5.43 Å². The summed E-state index contributed by atoms with van der Waals surface area (Å²) in [5.74, 6) is 2.11. The molecule has 0 aliphatic rings. The van der Waals surface area contributed by atoms with E-state index in [1.54, 1.807) is 18.3 Å². The maximum Gasteiger partial charge on any atom is 0.127 e. The molecule has 0 aliphatic heterocycles. The molecule has 138 valence electrons. The lowest BCUT2D eigenvalue weighted by Crippen LogP contribution is -1.91. The second kappa shape index (κ2) is 8.94. The average molecular weight is 399 g/mol. The number of hydrogen-bond acceptors (Lipinski definition) is 3. The molecule has 0 atom stereocenters. The Morgan fingerprint density at radius 2 is 1.48 bits per heavy atom. The second-order valence-corrected chi connectivity index (χ2v) is 7.21. The van der Waals surface area contributed by atoms with Crippen LogP contribution in [0, 0.1) is 0 Å². The smallest absolute Gasteiger partial charge is 0.127 e. The van der Waals surface area contributed by atoms with Crippen LogP contribution in [0.1, 0.15) is 30.9 Å². The fourth-order valence-electron chi connectivity index (χ4n) is 2.43. The monoisotopic (exact) mass is 398 g/mol. The van der Waals surface area contributed by atoms with Crippen LogP contribution in [0.15, 0.2) is 71.8 Å². The zero-order valence-electron chi connectivity index (χ0n) is 15.1. The summed E-state index contributed by atoms with van der Waals surface area (Å²) in [6.07, 6.45) is 1.73. The van der Waals surface area contributed by atoms with Crippen LogP contribution in [0.5, 0.6) is 11.5 Å². The fraction of sp³-hybridized carbons (Fsp3) is 0.136. The van der Waals surface area contributed by atoms with Gasteiger partial charge in [0.15, 0.2) is 0 Å². The van der Waals surface area contributed by atoms with Crippen molar-refractivity contribution in [2.45, 2.75) is 19.8 Å². The molecule has 0 bridgehead atoms. The van der Waals surface area contributed by atoms with E-state index in [-0.39, 0.29) is 0 Å². The molecule has 5 heteroatoms. The number of hydrogen-bond donors (Lipinski definition) is 1. The first-order valence-electron chi connectivity index (χ1n) is 8.63. The molecule has 3 rings (SSSR count). The van der Waals surface area contributed by atoms with Crippen LogP contribution in [-0.2, 0) is 0 Å². The molecule has 0 amide bonds. The van der Waals surface area contributed by atoms with Crippen LogP contribution in [0.3, 0.4) is 0 Å². The molecular weight excluding hydrogens is 379 g/mol. The largest absolute Gasteiger partial charge is 0.457 e. The van der Waals surface area contributed by atoms with Gasteiger partial charge in [0.1, 0.15) is 11.5 Å². The second-order valence-electron chi connectivity index (χ2n) is 6.39. The Labute approximate surface area is 169 Å². The van der Waals surface area contributed by atoms with Gasteiger partial charge in [0.05, 0.1) is 21.9 Å². The third kappa shape index (κ3) is 5.49. The summed E-state index contributed by atoms with van der Waals surface area (Å²) in [7, 11) is 0. The first-order valence-corrected chi connectivity index (χ1v) is 9.39. The molecule has 0 aromatic heterocycles. The van der Waals surface area contributed by atoms with Crippen LogP contribution >= 0.6 is 23.2 Å². The third-order valence-electron chi connectivity index (χ3n) is 3.99. The number of nitrogens with zero attached hydrogens (tertiary/aromatic N) is 1. The molecule has 0 radical (unpaired) electrons. The number of nitrogens with one attached hydrogen (secondary N) is 1. The predicted octanol–water partition coefficient (Wildman–Crippen LogP) is 7.36. The lowest BCUT2D eigenvalue weighted by atomic mass is 10.0. The van der Waals surface area contributed by atoms with E-state index in [2.05, 4.69) is 36.5 Å². The van der Waals surface area contributed by atoms with Gasteiger partial charge in [-0.2, -0.15) is 5.10 Å². The highest BCUT2D eigenvalue weighted by Gasteiger charge is 2.01. The van der Waals surface area contributed by atoms with E-state index in [4.69, 9.17) is 27.9 Å². The van der Waals surface area contributed by atoms with Crippen LogP contribution < -0.4 is 10.2 Å². The van der Waals surface area contributed by atoms with Gasteiger partial charge in [-0.1, -0.05) is 49.2 Å². The maximum absolute atomic E-state index is 5.98. The number of ether oxygens (including phenoxy) is 1. The van der Waals surface area contributed by atoms with E-state index in [1.807, 2.05) is 42.5 Å². The van der Waals surface area contributed by atoms with Crippen molar-refractivity contribution in [1.82, 2.24) is 0 Å². The molecule has 0 aliphatic carbocycles. The minimum Gasteiger partial charge on any atom is -0.457 e. The Morgan fingerprint density at radius 3 is 2.07 bits per heavy atom. The summed E-state index contributed by atoms with van der Waals surface area (Å²) in [6.45, 7) is 4.35. The first-order chi connectivity index (χ1) is 13.0. The molecule has 0 saturated carbocycles. The summed E-state index contributed by atoms with van der Waals surface area (Å²) < 4.78 is 5.88. The predicted molar refractivity (Wildman–Crippen MR) is 115 cm³/mol. The molecule has 27 heavy (non-hydrogen) atoms. The summed E-state index contributed by atoms with van der Waals surface area (Å²) in [5.41, 5.74) is 5.94. The van der Waals surface area contributed by atoms with Crippen molar-refractivity contribution in [1.29, 1.82) is 0 Å². The van der Waals surface area contributed by atoms with Gasteiger partial charge in [-0.15, -0.1) is 0 Å². The number of hydrazone groups is 1. The summed E-state index contributed by atoms with van der Waals surface area (Å²) in [5, 5.41) is 5.21. The molecule has 3 aromatic carbocycles. The molecule has 0 fully saturated rings. The molecule has 0 saturated heterocycles. The minimum absolute atomic E-state index is 0.486. The van der Waals surface area contributed by atoms with Gasteiger partial charge in [-0.3, -0.25) is 5.43 Å². The van der Waals surface area contributed by atoms with E-state index >= 15 is 0 Å². The van der Waals surface area contributed by atoms with Crippen molar-refractivity contribution >= 4 is 35.1 Å². The van der Waals surface area contributed by atoms with E-state index in [0.29, 0.717) is 16.0 Å². The number of anilines is 1. The highest BCUT2D eigenvalue weighted by Crippen LogP contribution is 2.25. The van der Waals surface area contributed by atoms with Gasteiger partial charge >= 0.3 is 0 Å². The van der Waals surface area contributed by atoms with Gasteiger partial charge in [-0.25, -0.2) is 0 Å². The van der Waals surface area contributed by atoms with Gasteiger partial charge in [0.25, 0.3) is 0 Å². The van der Waals surface area contributed by atoms with Crippen molar-refractivity contribution < 1.29 is 4.74 Å². The van der Waals surface area contributed by atoms with Crippen molar-refractivity contribution in [3.63, 3.8) is 0 Å². The Morgan fingerprint density at radius 1 is 0.852 bits per heavy atom. The lowest BCUT2D eigenvalue weighted by molar-refractivity contribution is 0.482. The Balaban J connectivity index is 1.58. The topological polar surface area (TPSA) is 33.6 Å². The van der Waals surface area contributed by atoms with Crippen LogP contribution in [0.4, 0.5) is 5.69 Å². The number of halogens is 2. The molecular formula is C22H20Cl2N2O. The molecule has 0 spiro atoms. The van der Waals surface area contributed by atoms with E-state index in [9.17, 15) is 0 Å². The quantitative estimate of drug-likeness (QED) is 0.347. The molecule has 1 N–H and O–H groups in total. The van der Waals surface area contributed by atoms with Crippen LogP contribution in [0.2, 0.25) is 10.0 Å². The maximum atomic E-state index is 5.98. The zero-order chi connectivity index (χ0) is 19.2. The van der Waals surface area contributed by atoms with E-state index < -0.39 is 0 Å². The number of rotatable bonds is 6. The SMILES string of the molecule is CC(C)c1ccc(Oc2ccc(C=NNc3ccc(Cl)c(Cl)c3)cc2)cc1. The summed E-state index contributed by atoms with van der Waals surface area (Å²) in [4.78, 5) is 0. The molecule has 3 aromatic rings. The Hall–Kier alpha value is -2.49. The standard InChI is InChI=1S/C22H20Cl2N2O/c1-15(2)17-5-10-20(11-6-17)27-19-8-3-16(4-9-19)14-25-26-18-7-12-21(23)22(24)13-18/h3-15,26H,1-2H3.